The maximum atomic E-state index is 12.0. The van der Waals surface area contributed by atoms with E-state index < -0.39 is 0 Å². The molecular formula is C15H19N5O. The molecule has 21 heavy (non-hydrogen) atoms. The highest BCUT2D eigenvalue weighted by Gasteiger charge is 2.17. The largest absolute Gasteiger partial charge is 0.399 e. The van der Waals surface area contributed by atoms with Crippen LogP contribution in [0.25, 0.3) is 10.9 Å². The highest BCUT2D eigenvalue weighted by atomic mass is 16.2. The number of nitrogens with zero attached hydrogens (tertiary/aromatic N) is 3. The minimum atomic E-state index is 0.211. The second-order valence-corrected chi connectivity index (χ2v) is 5.26. The Morgan fingerprint density at radius 1 is 1.29 bits per heavy atom. The molecule has 2 aromatic rings. The Morgan fingerprint density at radius 2 is 2.10 bits per heavy atom. The summed E-state index contributed by atoms with van der Waals surface area (Å²) < 4.78 is 0. The van der Waals surface area contributed by atoms with Crippen molar-refractivity contribution < 1.29 is 4.79 Å². The lowest BCUT2D eigenvalue weighted by atomic mass is 10.2. The lowest BCUT2D eigenvalue weighted by molar-refractivity contribution is -0.129. The molecule has 0 aliphatic carbocycles. The molecule has 1 aliphatic heterocycles. The van der Waals surface area contributed by atoms with Gasteiger partial charge in [-0.05, 0) is 31.0 Å². The first-order chi connectivity index (χ1) is 10.2. The molecule has 0 atom stereocenters. The number of nitrogen functional groups attached to an aromatic ring is 1. The van der Waals surface area contributed by atoms with E-state index in [-0.39, 0.29) is 5.91 Å². The number of benzene rings is 1. The van der Waals surface area contributed by atoms with Crippen LogP contribution >= 0.6 is 0 Å². The first-order valence-corrected chi connectivity index (χ1v) is 7.26. The van der Waals surface area contributed by atoms with E-state index in [4.69, 9.17) is 5.73 Å². The quantitative estimate of drug-likeness (QED) is 0.834. The number of carbonyl (C=O) groups excluding carboxylic acids is 1. The van der Waals surface area contributed by atoms with Crippen molar-refractivity contribution in [3.8, 4) is 0 Å². The van der Waals surface area contributed by atoms with Gasteiger partial charge in [0, 0.05) is 37.1 Å². The van der Waals surface area contributed by atoms with Gasteiger partial charge < -0.3 is 16.0 Å². The van der Waals surface area contributed by atoms with Gasteiger partial charge in [-0.15, -0.1) is 0 Å². The molecule has 1 aliphatic rings. The molecule has 6 heteroatoms. The number of aromatic nitrogens is 2. The standard InChI is InChI=1S/C15H19N5O/c16-11-3-4-12-13(9-11)18-10-19-15(12)17-6-5-14(21)20-7-1-2-8-20/h3-4,9-10H,1-2,5-8,16H2,(H,17,18,19). The monoisotopic (exact) mass is 285 g/mol. The number of fused-ring (bicyclic) bond motifs is 1. The minimum absolute atomic E-state index is 0.211. The molecule has 1 amide bonds. The topological polar surface area (TPSA) is 84.1 Å². The van der Waals surface area contributed by atoms with Crippen LogP contribution in [0, 0.1) is 0 Å². The van der Waals surface area contributed by atoms with Crippen LogP contribution in [0.15, 0.2) is 24.5 Å². The first kappa shape index (κ1) is 13.6. The van der Waals surface area contributed by atoms with Crippen molar-refractivity contribution in [2.24, 2.45) is 0 Å². The Morgan fingerprint density at radius 3 is 2.90 bits per heavy atom. The molecule has 110 valence electrons. The molecule has 1 aromatic heterocycles. The molecule has 0 bridgehead atoms. The van der Waals surface area contributed by atoms with Gasteiger partial charge in [-0.2, -0.15) is 0 Å². The Labute approximate surface area is 123 Å². The van der Waals surface area contributed by atoms with Gasteiger partial charge in [0.05, 0.1) is 5.52 Å². The molecule has 0 unspecified atom stereocenters. The van der Waals surface area contributed by atoms with Gasteiger partial charge in [-0.1, -0.05) is 0 Å². The predicted molar refractivity (Wildman–Crippen MR) is 82.9 cm³/mol. The fourth-order valence-electron chi connectivity index (χ4n) is 2.63. The number of anilines is 2. The summed E-state index contributed by atoms with van der Waals surface area (Å²) in [6, 6.07) is 5.54. The number of carbonyl (C=O) groups is 1. The van der Waals surface area contributed by atoms with Crippen LogP contribution in [0.3, 0.4) is 0 Å². The number of likely N-dealkylation sites (tertiary alicyclic amines) is 1. The van der Waals surface area contributed by atoms with Crippen LogP contribution in [0.4, 0.5) is 11.5 Å². The number of rotatable bonds is 4. The lowest BCUT2D eigenvalue weighted by Crippen LogP contribution is -2.29. The van der Waals surface area contributed by atoms with Crippen molar-refractivity contribution in [1.29, 1.82) is 0 Å². The maximum absolute atomic E-state index is 12.0. The van der Waals surface area contributed by atoms with E-state index in [2.05, 4.69) is 15.3 Å². The van der Waals surface area contributed by atoms with Crippen molar-refractivity contribution in [2.45, 2.75) is 19.3 Å². The summed E-state index contributed by atoms with van der Waals surface area (Å²) in [7, 11) is 0. The SMILES string of the molecule is Nc1ccc2c(NCCC(=O)N3CCCC3)ncnc2c1. The average molecular weight is 285 g/mol. The summed E-state index contributed by atoms with van der Waals surface area (Å²) in [6.45, 7) is 2.37. The van der Waals surface area contributed by atoms with Crippen LogP contribution in [-0.4, -0.2) is 40.4 Å². The Hall–Kier alpha value is -2.37. The molecule has 6 nitrogen and oxygen atoms in total. The molecule has 2 heterocycles. The second kappa shape index (κ2) is 5.95. The highest BCUT2D eigenvalue weighted by molar-refractivity contribution is 5.90. The van der Waals surface area contributed by atoms with Crippen molar-refractivity contribution in [3.05, 3.63) is 24.5 Å². The van der Waals surface area contributed by atoms with Crippen molar-refractivity contribution >= 4 is 28.3 Å². The first-order valence-electron chi connectivity index (χ1n) is 7.26. The smallest absolute Gasteiger partial charge is 0.224 e. The van der Waals surface area contributed by atoms with Crippen LogP contribution in [0.5, 0.6) is 0 Å². The van der Waals surface area contributed by atoms with Gasteiger partial charge in [0.2, 0.25) is 5.91 Å². The third-order valence-corrected chi connectivity index (χ3v) is 3.75. The van der Waals surface area contributed by atoms with E-state index in [1.54, 1.807) is 0 Å². The van der Waals surface area contributed by atoms with E-state index in [0.717, 1.165) is 42.7 Å². The van der Waals surface area contributed by atoms with Crippen molar-refractivity contribution in [1.82, 2.24) is 14.9 Å². The molecular weight excluding hydrogens is 266 g/mol. The van der Waals surface area contributed by atoms with Crippen LogP contribution < -0.4 is 11.1 Å². The summed E-state index contributed by atoms with van der Waals surface area (Å²) in [6.07, 6.45) is 4.24. The lowest BCUT2D eigenvalue weighted by Gasteiger charge is -2.15. The normalized spacial score (nSPS) is 14.6. The summed E-state index contributed by atoms with van der Waals surface area (Å²) in [5, 5.41) is 4.14. The van der Waals surface area contributed by atoms with Crippen LogP contribution in [0.2, 0.25) is 0 Å². The van der Waals surface area contributed by atoms with E-state index in [9.17, 15) is 4.79 Å². The average Bonchev–Trinajstić information content (AvgIpc) is 3.01. The number of nitrogens with two attached hydrogens (primary N) is 1. The van der Waals surface area contributed by atoms with E-state index in [0.29, 0.717) is 18.7 Å². The van der Waals surface area contributed by atoms with Gasteiger partial charge in [-0.3, -0.25) is 4.79 Å². The van der Waals surface area contributed by atoms with E-state index in [1.807, 2.05) is 23.1 Å². The summed E-state index contributed by atoms with van der Waals surface area (Å²) in [5.74, 6) is 0.955. The van der Waals surface area contributed by atoms with Crippen molar-refractivity contribution in [2.75, 3.05) is 30.7 Å². The van der Waals surface area contributed by atoms with Gasteiger partial charge in [0.1, 0.15) is 12.1 Å². The number of amides is 1. The van der Waals surface area contributed by atoms with E-state index in [1.165, 1.54) is 6.33 Å². The van der Waals surface area contributed by atoms with Crippen LogP contribution in [0.1, 0.15) is 19.3 Å². The van der Waals surface area contributed by atoms with Crippen molar-refractivity contribution in [3.63, 3.8) is 0 Å². The van der Waals surface area contributed by atoms with E-state index >= 15 is 0 Å². The van der Waals surface area contributed by atoms with Gasteiger partial charge in [0.25, 0.3) is 0 Å². The maximum Gasteiger partial charge on any atom is 0.224 e. The third kappa shape index (κ3) is 3.04. The zero-order chi connectivity index (χ0) is 14.7. The third-order valence-electron chi connectivity index (χ3n) is 3.75. The zero-order valence-corrected chi connectivity index (χ0v) is 11.9. The molecule has 0 spiro atoms. The molecule has 0 radical (unpaired) electrons. The fraction of sp³-hybridized carbons (Fsp3) is 0.400. The summed E-state index contributed by atoms with van der Waals surface area (Å²) in [5.41, 5.74) is 7.23. The summed E-state index contributed by atoms with van der Waals surface area (Å²) in [4.78, 5) is 22.4. The number of nitrogens with one attached hydrogen (secondary N) is 1. The highest BCUT2D eigenvalue weighted by Crippen LogP contribution is 2.21. The fourth-order valence-corrected chi connectivity index (χ4v) is 2.63. The van der Waals surface area contributed by atoms with Crippen LogP contribution in [-0.2, 0) is 4.79 Å². The van der Waals surface area contributed by atoms with Gasteiger partial charge in [0.15, 0.2) is 0 Å². The number of hydrogen-bond donors (Lipinski definition) is 2. The predicted octanol–water partition coefficient (Wildman–Crippen LogP) is 1.64. The molecule has 1 fully saturated rings. The molecule has 3 N–H and O–H groups in total. The molecule has 0 saturated carbocycles. The zero-order valence-electron chi connectivity index (χ0n) is 11.9. The van der Waals surface area contributed by atoms with Gasteiger partial charge >= 0.3 is 0 Å². The Balaban J connectivity index is 1.64. The number of hydrogen-bond acceptors (Lipinski definition) is 5. The molecule has 3 rings (SSSR count). The van der Waals surface area contributed by atoms with Gasteiger partial charge in [-0.25, -0.2) is 9.97 Å². The molecule has 1 aromatic carbocycles. The molecule has 1 saturated heterocycles. The minimum Gasteiger partial charge on any atom is -0.399 e. The Bertz CT molecular complexity index is 652. The summed E-state index contributed by atoms with van der Waals surface area (Å²) >= 11 is 0. The Kier molecular flexibility index (Phi) is 3.85. The second-order valence-electron chi connectivity index (χ2n) is 5.26.